The lowest BCUT2D eigenvalue weighted by Crippen LogP contribution is -2.15. The van der Waals surface area contributed by atoms with Crippen LogP contribution in [0.25, 0.3) is 11.0 Å². The van der Waals surface area contributed by atoms with Crippen LogP contribution in [-0.2, 0) is 6.42 Å². The second-order valence-electron chi connectivity index (χ2n) is 6.14. The lowest BCUT2D eigenvalue weighted by Gasteiger charge is -2.07. The van der Waals surface area contributed by atoms with Crippen molar-refractivity contribution in [2.45, 2.75) is 6.42 Å². The monoisotopic (exact) mass is 378 g/mol. The van der Waals surface area contributed by atoms with Gasteiger partial charge in [-0.25, -0.2) is 13.8 Å². The maximum atomic E-state index is 14.1. The van der Waals surface area contributed by atoms with E-state index < -0.39 is 17.5 Å². The largest absolute Gasteiger partial charge is 0.339 e. The molecule has 0 radical (unpaired) electrons. The highest BCUT2D eigenvalue weighted by atomic mass is 35.5. The topological polar surface area (TPSA) is 61.0 Å². The Labute approximate surface area is 154 Å². The van der Waals surface area contributed by atoms with Gasteiger partial charge in [0.25, 0.3) is 5.91 Å². The molecule has 1 heterocycles. The number of H-pyrrole nitrogens is 1. The van der Waals surface area contributed by atoms with Gasteiger partial charge in [0.05, 0.1) is 5.56 Å². The number of nitrogens with zero attached hydrogens (tertiary/aromatic N) is 2. The number of fused-ring (bicyclic) bond motifs is 1. The number of rotatable bonds is 5. The molecule has 2 N–H and O–H groups in total. The molecule has 0 aliphatic heterocycles. The van der Waals surface area contributed by atoms with Gasteiger partial charge in [-0.1, -0.05) is 17.7 Å². The highest BCUT2D eigenvalue weighted by molar-refractivity contribution is 6.31. The number of aromatic amines is 1. The van der Waals surface area contributed by atoms with E-state index in [0.29, 0.717) is 29.5 Å². The van der Waals surface area contributed by atoms with Gasteiger partial charge in [-0.05, 0) is 38.4 Å². The van der Waals surface area contributed by atoms with Crippen molar-refractivity contribution in [2.75, 3.05) is 26.0 Å². The van der Waals surface area contributed by atoms with E-state index in [2.05, 4.69) is 15.3 Å². The molecule has 0 unspecified atom stereocenters. The smallest absolute Gasteiger partial charge is 0.258 e. The third-order valence-electron chi connectivity index (χ3n) is 3.83. The fourth-order valence-electron chi connectivity index (χ4n) is 2.54. The van der Waals surface area contributed by atoms with Crippen LogP contribution in [0.15, 0.2) is 30.3 Å². The maximum Gasteiger partial charge on any atom is 0.258 e. The summed E-state index contributed by atoms with van der Waals surface area (Å²) in [5, 5.41) is 3.07. The summed E-state index contributed by atoms with van der Waals surface area (Å²) in [4.78, 5) is 21.6. The Kier molecular flexibility index (Phi) is 5.20. The molecule has 0 fully saturated rings. The fraction of sp³-hybridized carbons (Fsp3) is 0.222. The van der Waals surface area contributed by atoms with Crippen molar-refractivity contribution in [1.29, 1.82) is 0 Å². The molecule has 5 nitrogen and oxygen atoms in total. The van der Waals surface area contributed by atoms with Crippen molar-refractivity contribution in [3.05, 3.63) is 58.4 Å². The van der Waals surface area contributed by atoms with Crippen LogP contribution in [0.1, 0.15) is 16.2 Å². The number of carbonyl (C=O) groups excluding carboxylic acids is 1. The fourth-order valence-corrected chi connectivity index (χ4v) is 2.73. The van der Waals surface area contributed by atoms with E-state index in [9.17, 15) is 13.6 Å². The zero-order chi connectivity index (χ0) is 18.8. The molecule has 1 aromatic heterocycles. The first kappa shape index (κ1) is 18.3. The molecule has 0 aliphatic carbocycles. The number of carbonyl (C=O) groups is 1. The Balaban J connectivity index is 1.98. The minimum Gasteiger partial charge on any atom is -0.339 e. The number of amides is 1. The van der Waals surface area contributed by atoms with Crippen molar-refractivity contribution in [3.63, 3.8) is 0 Å². The molecule has 3 rings (SSSR count). The molecule has 0 bridgehead atoms. The summed E-state index contributed by atoms with van der Waals surface area (Å²) in [5.41, 5.74) is 0.377. The molecule has 1 amide bonds. The van der Waals surface area contributed by atoms with Crippen molar-refractivity contribution in [1.82, 2.24) is 14.9 Å². The molecule has 3 aromatic rings. The highest BCUT2D eigenvalue weighted by Crippen LogP contribution is 2.24. The maximum absolute atomic E-state index is 14.1. The normalized spacial score (nSPS) is 11.3. The number of likely N-dealkylation sites (N-methyl/N-ethyl adjacent to an activating group) is 1. The first-order valence-electron chi connectivity index (χ1n) is 7.93. The Morgan fingerprint density at radius 3 is 2.77 bits per heavy atom. The van der Waals surface area contributed by atoms with Gasteiger partial charge in [-0.3, -0.25) is 4.79 Å². The first-order chi connectivity index (χ1) is 12.3. The van der Waals surface area contributed by atoms with Gasteiger partial charge < -0.3 is 15.2 Å². The van der Waals surface area contributed by atoms with Gasteiger partial charge in [-0.2, -0.15) is 0 Å². The van der Waals surface area contributed by atoms with E-state index in [1.54, 1.807) is 24.3 Å². The van der Waals surface area contributed by atoms with Crippen LogP contribution in [0.2, 0.25) is 5.02 Å². The number of halogens is 3. The average molecular weight is 379 g/mol. The van der Waals surface area contributed by atoms with Gasteiger partial charge in [0.1, 0.15) is 16.9 Å². The molecular weight excluding hydrogens is 362 g/mol. The van der Waals surface area contributed by atoms with Gasteiger partial charge in [-0.15, -0.1) is 0 Å². The predicted molar refractivity (Wildman–Crippen MR) is 97.7 cm³/mol. The van der Waals surface area contributed by atoms with Crippen LogP contribution < -0.4 is 5.32 Å². The molecule has 0 saturated carbocycles. The standard InChI is InChI=1S/C18H17ClF2N4O/c1-25(2)7-6-14-23-16-12(9-13(20)15(21)17(16)24-14)18(26)22-11-5-3-4-10(19)8-11/h3-5,8-9H,6-7H2,1-2H3,(H,22,26)(H,23,24). The molecule has 2 aromatic carbocycles. The predicted octanol–water partition coefficient (Wildman–Crippen LogP) is 3.85. The molecule has 0 aliphatic rings. The molecule has 0 spiro atoms. The van der Waals surface area contributed by atoms with Gasteiger partial charge >= 0.3 is 0 Å². The third kappa shape index (κ3) is 3.84. The van der Waals surface area contributed by atoms with Crippen LogP contribution in [0.3, 0.4) is 0 Å². The lowest BCUT2D eigenvalue weighted by molar-refractivity contribution is 0.102. The van der Waals surface area contributed by atoms with Gasteiger partial charge in [0.15, 0.2) is 11.6 Å². The second kappa shape index (κ2) is 7.39. The summed E-state index contributed by atoms with van der Waals surface area (Å²) in [7, 11) is 3.79. The molecular formula is C18H17ClF2N4O. The van der Waals surface area contributed by atoms with Gasteiger partial charge in [0, 0.05) is 23.7 Å². The number of nitrogens with one attached hydrogen (secondary N) is 2. The van der Waals surface area contributed by atoms with Crippen molar-refractivity contribution in [3.8, 4) is 0 Å². The zero-order valence-electron chi connectivity index (χ0n) is 14.2. The first-order valence-corrected chi connectivity index (χ1v) is 8.31. The number of hydrogen-bond donors (Lipinski definition) is 2. The SMILES string of the molecule is CN(C)CCc1nc2c(C(=O)Nc3cccc(Cl)c3)cc(F)c(F)c2[nH]1. The second-order valence-corrected chi connectivity index (χ2v) is 6.58. The van der Waals surface area contributed by atoms with E-state index in [1.807, 2.05) is 19.0 Å². The van der Waals surface area contributed by atoms with Crippen molar-refractivity contribution < 1.29 is 13.6 Å². The molecule has 26 heavy (non-hydrogen) atoms. The number of anilines is 1. The minimum absolute atomic E-state index is 0.0498. The van der Waals surface area contributed by atoms with Crippen molar-refractivity contribution >= 4 is 34.2 Å². The van der Waals surface area contributed by atoms with E-state index in [4.69, 9.17) is 11.6 Å². The summed E-state index contributed by atoms with van der Waals surface area (Å²) in [5.74, 6) is -2.28. The Bertz CT molecular complexity index is 971. The van der Waals surface area contributed by atoms with E-state index >= 15 is 0 Å². The quantitative estimate of drug-likeness (QED) is 0.709. The number of aromatic nitrogens is 2. The number of hydrogen-bond acceptors (Lipinski definition) is 3. The van der Waals surface area contributed by atoms with Crippen LogP contribution in [-0.4, -0.2) is 41.4 Å². The average Bonchev–Trinajstić information content (AvgIpc) is 3.00. The van der Waals surface area contributed by atoms with E-state index in [1.165, 1.54) is 0 Å². The summed E-state index contributed by atoms with van der Waals surface area (Å²) in [6.07, 6.45) is 0.512. The minimum atomic E-state index is -1.11. The summed E-state index contributed by atoms with van der Waals surface area (Å²) < 4.78 is 28.1. The summed E-state index contributed by atoms with van der Waals surface area (Å²) >= 11 is 5.90. The van der Waals surface area contributed by atoms with E-state index in [-0.39, 0.29) is 16.6 Å². The van der Waals surface area contributed by atoms with Gasteiger partial charge in [0.2, 0.25) is 0 Å². The molecule has 136 valence electrons. The Morgan fingerprint density at radius 1 is 1.31 bits per heavy atom. The summed E-state index contributed by atoms with van der Waals surface area (Å²) in [6.45, 7) is 0.675. The molecule has 8 heteroatoms. The van der Waals surface area contributed by atoms with E-state index in [0.717, 1.165) is 6.07 Å². The van der Waals surface area contributed by atoms with Crippen LogP contribution in [0, 0.1) is 11.6 Å². The number of imidazole rings is 1. The van der Waals surface area contributed by atoms with Crippen molar-refractivity contribution in [2.24, 2.45) is 0 Å². The molecule has 0 saturated heterocycles. The number of benzene rings is 2. The molecule has 0 atom stereocenters. The zero-order valence-corrected chi connectivity index (χ0v) is 15.0. The van der Waals surface area contributed by atoms with Crippen LogP contribution in [0.5, 0.6) is 0 Å². The van der Waals surface area contributed by atoms with Crippen LogP contribution in [0.4, 0.5) is 14.5 Å². The Morgan fingerprint density at radius 2 is 2.08 bits per heavy atom. The Hall–Kier alpha value is -2.51. The third-order valence-corrected chi connectivity index (χ3v) is 4.07. The highest BCUT2D eigenvalue weighted by Gasteiger charge is 2.21. The lowest BCUT2D eigenvalue weighted by atomic mass is 10.1. The van der Waals surface area contributed by atoms with Crippen LogP contribution >= 0.6 is 11.6 Å². The summed E-state index contributed by atoms with van der Waals surface area (Å²) in [6, 6.07) is 7.40.